The van der Waals surface area contributed by atoms with Crippen LogP contribution in [0.15, 0.2) is 19.6 Å². The third-order valence-corrected chi connectivity index (χ3v) is 4.28. The molecule has 0 spiro atoms. The number of nitrogens with two attached hydrogens (primary N) is 1. The minimum atomic E-state index is 0.504. The Morgan fingerprint density at radius 2 is 2.11 bits per heavy atom. The van der Waals surface area contributed by atoms with Gasteiger partial charge in [-0.25, -0.2) is 15.8 Å². The first kappa shape index (κ1) is 13.5. The number of halogens is 2. The molecular formula is C11H12Br2N4O. The Bertz CT molecular complexity index is 563. The van der Waals surface area contributed by atoms with Crippen LogP contribution in [0.25, 0.3) is 11.6 Å². The predicted molar refractivity (Wildman–Crippen MR) is 77.1 cm³/mol. The number of nitrogens with one attached hydrogen (secondary N) is 1. The normalized spacial score (nSPS) is 10.7. The van der Waals surface area contributed by atoms with Gasteiger partial charge >= 0.3 is 0 Å². The lowest BCUT2D eigenvalue weighted by Crippen LogP contribution is -2.13. The fourth-order valence-electron chi connectivity index (χ4n) is 1.71. The number of rotatable bonds is 3. The Balaban J connectivity index is 2.55. The van der Waals surface area contributed by atoms with Crippen molar-refractivity contribution in [2.75, 3.05) is 5.43 Å². The van der Waals surface area contributed by atoms with E-state index in [1.165, 1.54) is 0 Å². The summed E-state index contributed by atoms with van der Waals surface area (Å²) in [6.45, 7) is 3.96. The maximum absolute atomic E-state index is 5.50. The second kappa shape index (κ2) is 5.38. The van der Waals surface area contributed by atoms with Crippen molar-refractivity contribution in [2.24, 2.45) is 5.84 Å². The van der Waals surface area contributed by atoms with Gasteiger partial charge in [0.2, 0.25) is 0 Å². The van der Waals surface area contributed by atoms with E-state index in [4.69, 9.17) is 10.3 Å². The summed E-state index contributed by atoms with van der Waals surface area (Å²) in [6.07, 6.45) is 0.817. The molecule has 2 heterocycles. The van der Waals surface area contributed by atoms with Crippen LogP contribution in [0.4, 0.5) is 5.82 Å². The number of anilines is 1. The lowest BCUT2D eigenvalue weighted by atomic mass is 10.1. The number of aryl methyl sites for hydroxylation is 1. The number of nitrogen functional groups attached to an aromatic ring is 1. The number of aromatic nitrogens is 2. The molecule has 2 rings (SSSR count). The van der Waals surface area contributed by atoms with Crippen molar-refractivity contribution in [3.05, 3.63) is 26.5 Å². The molecule has 7 heteroatoms. The van der Waals surface area contributed by atoms with Crippen molar-refractivity contribution in [3.63, 3.8) is 0 Å². The highest BCUT2D eigenvalue weighted by atomic mass is 79.9. The molecule has 18 heavy (non-hydrogen) atoms. The van der Waals surface area contributed by atoms with Crippen LogP contribution < -0.4 is 11.3 Å². The van der Waals surface area contributed by atoms with E-state index >= 15 is 0 Å². The highest BCUT2D eigenvalue weighted by molar-refractivity contribution is 9.13. The first-order valence-corrected chi connectivity index (χ1v) is 6.94. The van der Waals surface area contributed by atoms with Gasteiger partial charge < -0.3 is 9.84 Å². The average molecular weight is 376 g/mol. The van der Waals surface area contributed by atoms with E-state index in [0.29, 0.717) is 22.1 Å². The van der Waals surface area contributed by atoms with Crippen LogP contribution in [-0.2, 0) is 6.42 Å². The van der Waals surface area contributed by atoms with Crippen LogP contribution in [0.1, 0.15) is 18.2 Å². The van der Waals surface area contributed by atoms with Crippen molar-refractivity contribution >= 4 is 37.7 Å². The summed E-state index contributed by atoms with van der Waals surface area (Å²) in [6, 6.07) is 1.81. The standard InChI is InChI=1S/C11H12Br2N4O/c1-3-6-5(2)15-11(16-10(6)17-14)8-4-7(12)9(13)18-8/h4H,3,14H2,1-2H3,(H,15,16,17). The predicted octanol–water partition coefficient (Wildman–Crippen LogP) is 3.42. The molecule has 0 bridgehead atoms. The largest absolute Gasteiger partial charge is 0.445 e. The zero-order valence-electron chi connectivity index (χ0n) is 9.92. The lowest BCUT2D eigenvalue weighted by Gasteiger charge is -2.09. The number of hydrogen-bond donors (Lipinski definition) is 2. The quantitative estimate of drug-likeness (QED) is 0.634. The van der Waals surface area contributed by atoms with E-state index in [-0.39, 0.29) is 0 Å². The zero-order valence-corrected chi connectivity index (χ0v) is 13.1. The Labute approximate surface area is 121 Å². The molecule has 0 fully saturated rings. The SMILES string of the molecule is CCc1c(C)nc(-c2cc(Br)c(Br)o2)nc1NN. The molecule has 96 valence electrons. The minimum Gasteiger partial charge on any atom is -0.445 e. The van der Waals surface area contributed by atoms with E-state index < -0.39 is 0 Å². The van der Waals surface area contributed by atoms with Crippen LogP contribution in [0, 0.1) is 6.92 Å². The molecule has 0 radical (unpaired) electrons. The molecule has 0 atom stereocenters. The molecule has 5 nitrogen and oxygen atoms in total. The van der Waals surface area contributed by atoms with Gasteiger partial charge in [-0.2, -0.15) is 0 Å². The van der Waals surface area contributed by atoms with Crippen LogP contribution in [0.5, 0.6) is 0 Å². The van der Waals surface area contributed by atoms with Crippen molar-refractivity contribution in [2.45, 2.75) is 20.3 Å². The highest BCUT2D eigenvalue weighted by Crippen LogP contribution is 2.32. The third kappa shape index (κ3) is 2.43. The number of hydrogen-bond acceptors (Lipinski definition) is 5. The van der Waals surface area contributed by atoms with Gasteiger partial charge in [-0.1, -0.05) is 6.92 Å². The summed E-state index contributed by atoms with van der Waals surface area (Å²) >= 11 is 6.65. The zero-order chi connectivity index (χ0) is 13.3. The molecule has 0 unspecified atom stereocenters. The molecule has 0 aromatic carbocycles. The number of furan rings is 1. The highest BCUT2D eigenvalue weighted by Gasteiger charge is 2.15. The van der Waals surface area contributed by atoms with Gasteiger partial charge in [0.25, 0.3) is 0 Å². The summed E-state index contributed by atoms with van der Waals surface area (Å²) in [7, 11) is 0. The topological polar surface area (TPSA) is 77.0 Å². The van der Waals surface area contributed by atoms with Gasteiger partial charge in [-0.15, -0.1) is 0 Å². The van der Waals surface area contributed by atoms with Gasteiger partial charge in [-0.05, 0) is 45.2 Å². The Hall–Kier alpha value is -0.920. The number of nitrogens with zero attached hydrogens (tertiary/aromatic N) is 2. The maximum atomic E-state index is 5.50. The van der Waals surface area contributed by atoms with Gasteiger partial charge in [-0.3, -0.25) is 0 Å². The molecule has 0 amide bonds. The lowest BCUT2D eigenvalue weighted by molar-refractivity contribution is 0.549. The smallest absolute Gasteiger partial charge is 0.198 e. The van der Waals surface area contributed by atoms with E-state index in [1.807, 2.05) is 19.9 Å². The van der Waals surface area contributed by atoms with Crippen molar-refractivity contribution in [1.29, 1.82) is 0 Å². The van der Waals surface area contributed by atoms with Gasteiger partial charge in [0.1, 0.15) is 5.82 Å². The first-order chi connectivity index (χ1) is 8.56. The van der Waals surface area contributed by atoms with Crippen LogP contribution in [-0.4, -0.2) is 9.97 Å². The van der Waals surface area contributed by atoms with Crippen molar-refractivity contribution in [3.8, 4) is 11.6 Å². The van der Waals surface area contributed by atoms with Crippen molar-refractivity contribution in [1.82, 2.24) is 9.97 Å². The van der Waals surface area contributed by atoms with E-state index in [0.717, 1.165) is 22.2 Å². The molecule has 0 aliphatic rings. The summed E-state index contributed by atoms with van der Waals surface area (Å²) in [5, 5.41) is 0. The average Bonchev–Trinajstić information content (AvgIpc) is 2.68. The Morgan fingerprint density at radius 3 is 2.61 bits per heavy atom. The van der Waals surface area contributed by atoms with Crippen LogP contribution in [0.3, 0.4) is 0 Å². The van der Waals surface area contributed by atoms with E-state index in [1.54, 1.807) is 0 Å². The Morgan fingerprint density at radius 1 is 1.39 bits per heavy atom. The molecule has 3 N–H and O–H groups in total. The van der Waals surface area contributed by atoms with E-state index in [9.17, 15) is 0 Å². The molecule has 0 aliphatic heterocycles. The Kier molecular flexibility index (Phi) is 4.04. The molecule has 0 saturated heterocycles. The van der Waals surface area contributed by atoms with Gasteiger partial charge in [0.15, 0.2) is 16.3 Å². The maximum Gasteiger partial charge on any atom is 0.198 e. The monoisotopic (exact) mass is 374 g/mol. The minimum absolute atomic E-state index is 0.504. The third-order valence-electron chi connectivity index (χ3n) is 2.57. The molecular weight excluding hydrogens is 364 g/mol. The summed E-state index contributed by atoms with van der Waals surface area (Å²) in [5.41, 5.74) is 4.50. The van der Waals surface area contributed by atoms with E-state index in [2.05, 4.69) is 47.3 Å². The summed E-state index contributed by atoms with van der Waals surface area (Å²) < 4.78 is 6.94. The van der Waals surface area contributed by atoms with Gasteiger partial charge in [0.05, 0.1) is 4.47 Å². The molecule has 2 aromatic heterocycles. The molecule has 2 aromatic rings. The van der Waals surface area contributed by atoms with Crippen LogP contribution in [0.2, 0.25) is 0 Å². The summed E-state index contributed by atoms with van der Waals surface area (Å²) in [5.74, 6) is 7.20. The fourth-order valence-corrected chi connectivity index (χ4v) is 2.28. The second-order valence-electron chi connectivity index (χ2n) is 3.69. The first-order valence-electron chi connectivity index (χ1n) is 5.36. The van der Waals surface area contributed by atoms with Crippen molar-refractivity contribution < 1.29 is 4.42 Å². The molecule has 0 aliphatic carbocycles. The fraction of sp³-hybridized carbons (Fsp3) is 0.273. The van der Waals surface area contributed by atoms with Crippen LogP contribution >= 0.6 is 31.9 Å². The second-order valence-corrected chi connectivity index (χ2v) is 5.26. The summed E-state index contributed by atoms with van der Waals surface area (Å²) in [4.78, 5) is 8.80. The molecule has 0 saturated carbocycles. The van der Waals surface area contributed by atoms with Gasteiger partial charge in [0, 0.05) is 17.3 Å². The number of hydrazine groups is 1.